The summed E-state index contributed by atoms with van der Waals surface area (Å²) in [7, 11) is 1.75. The average molecular weight is 291 g/mol. The molecule has 118 valence electrons. The Bertz CT molecular complexity index is 435. The summed E-state index contributed by atoms with van der Waals surface area (Å²) in [6.07, 6.45) is 8.18. The van der Waals surface area contributed by atoms with Crippen LogP contribution < -0.4 is 5.32 Å². The lowest BCUT2D eigenvalue weighted by atomic mass is 10.0. The van der Waals surface area contributed by atoms with Crippen LogP contribution >= 0.6 is 0 Å². The van der Waals surface area contributed by atoms with Crippen LogP contribution in [-0.4, -0.2) is 43.6 Å². The lowest BCUT2D eigenvalue weighted by Crippen LogP contribution is -2.21. The minimum Gasteiger partial charge on any atom is -0.385 e. The number of rotatable bonds is 8. The van der Waals surface area contributed by atoms with E-state index in [1.165, 1.54) is 29.8 Å². The highest BCUT2D eigenvalue weighted by Gasteiger charge is 2.26. The third kappa shape index (κ3) is 4.68. The zero-order valence-corrected chi connectivity index (χ0v) is 13.9. The predicted molar refractivity (Wildman–Crippen MR) is 88.3 cm³/mol. The molecule has 0 aromatic heterocycles. The van der Waals surface area contributed by atoms with Crippen molar-refractivity contribution in [3.8, 4) is 0 Å². The van der Waals surface area contributed by atoms with Gasteiger partial charge in [-0.05, 0) is 44.8 Å². The highest BCUT2D eigenvalue weighted by Crippen LogP contribution is 2.27. The quantitative estimate of drug-likeness (QED) is 0.699. The molecule has 2 aliphatic rings. The minimum absolute atomic E-state index is 0.406. The zero-order valence-electron chi connectivity index (χ0n) is 13.9. The van der Waals surface area contributed by atoms with E-state index in [9.17, 15) is 0 Å². The van der Waals surface area contributed by atoms with E-state index in [0.717, 1.165) is 32.2 Å². The van der Waals surface area contributed by atoms with Gasteiger partial charge < -0.3 is 10.1 Å². The van der Waals surface area contributed by atoms with Crippen molar-refractivity contribution < 1.29 is 4.74 Å². The minimum atomic E-state index is 0.406. The van der Waals surface area contributed by atoms with E-state index in [4.69, 9.17) is 9.84 Å². The summed E-state index contributed by atoms with van der Waals surface area (Å²) in [6.45, 7) is 9.14. The predicted octanol–water partition coefficient (Wildman–Crippen LogP) is 2.93. The van der Waals surface area contributed by atoms with E-state index in [-0.39, 0.29) is 0 Å². The third-order valence-electron chi connectivity index (χ3n) is 4.24. The summed E-state index contributed by atoms with van der Waals surface area (Å²) >= 11 is 0. The van der Waals surface area contributed by atoms with Crippen LogP contribution in [0.15, 0.2) is 28.5 Å². The maximum Gasteiger partial charge on any atom is 0.0479 e. The fourth-order valence-corrected chi connectivity index (χ4v) is 2.49. The van der Waals surface area contributed by atoms with Crippen molar-refractivity contribution in [2.75, 3.05) is 26.8 Å². The Kier molecular flexibility index (Phi) is 6.00. The molecule has 4 heteroatoms. The Morgan fingerprint density at radius 2 is 2.24 bits per heavy atom. The van der Waals surface area contributed by atoms with Crippen molar-refractivity contribution in [1.82, 2.24) is 10.3 Å². The van der Waals surface area contributed by atoms with E-state index in [1.807, 2.05) is 0 Å². The molecule has 0 bridgehead atoms. The normalized spacial score (nSPS) is 24.9. The molecule has 0 aromatic rings. The molecule has 1 heterocycles. The summed E-state index contributed by atoms with van der Waals surface area (Å²) in [5.74, 6) is 0.406. The first-order chi connectivity index (χ1) is 10.2. The number of nitrogens with zero attached hydrogens (tertiary/aromatic N) is 2. The Hall–Kier alpha value is -1.13. The molecular weight excluding hydrogens is 262 g/mol. The molecular formula is C17H29N3O. The van der Waals surface area contributed by atoms with E-state index in [1.54, 1.807) is 7.11 Å². The van der Waals surface area contributed by atoms with Crippen LogP contribution in [0.4, 0.5) is 0 Å². The van der Waals surface area contributed by atoms with Gasteiger partial charge in [0.25, 0.3) is 0 Å². The van der Waals surface area contributed by atoms with Crippen molar-refractivity contribution in [2.45, 2.75) is 46.1 Å². The lowest BCUT2D eigenvalue weighted by Gasteiger charge is -2.19. The molecule has 0 aromatic carbocycles. The maximum absolute atomic E-state index is 5.15. The summed E-state index contributed by atoms with van der Waals surface area (Å²) in [5, 5.41) is 10.4. The van der Waals surface area contributed by atoms with Crippen LogP contribution in [0, 0.1) is 5.92 Å². The van der Waals surface area contributed by atoms with Gasteiger partial charge in [-0.2, -0.15) is 5.10 Å². The van der Waals surface area contributed by atoms with Gasteiger partial charge in [-0.3, -0.25) is 5.01 Å². The van der Waals surface area contributed by atoms with Gasteiger partial charge >= 0.3 is 0 Å². The van der Waals surface area contributed by atoms with Crippen LogP contribution in [0.2, 0.25) is 0 Å². The van der Waals surface area contributed by atoms with E-state index in [0.29, 0.717) is 5.92 Å². The fourth-order valence-electron chi connectivity index (χ4n) is 2.49. The summed E-state index contributed by atoms with van der Waals surface area (Å²) in [5.41, 5.74) is 3.86. The van der Waals surface area contributed by atoms with Gasteiger partial charge in [-0.15, -0.1) is 0 Å². The van der Waals surface area contributed by atoms with E-state index < -0.39 is 0 Å². The van der Waals surface area contributed by atoms with E-state index >= 15 is 0 Å². The molecule has 1 aliphatic heterocycles. The highest BCUT2D eigenvalue weighted by atomic mass is 16.5. The molecule has 0 radical (unpaired) electrons. The maximum atomic E-state index is 5.15. The van der Waals surface area contributed by atoms with Crippen molar-refractivity contribution in [1.29, 1.82) is 0 Å². The number of ether oxygens (including phenoxy) is 1. The SMILES string of the molecule is C/C=C(\C=C1/C(C)C(C)=NN1CCCOC)CNC1CC1. The number of methoxy groups -OCH3 is 1. The Labute approximate surface area is 128 Å². The first-order valence-corrected chi connectivity index (χ1v) is 8.07. The van der Waals surface area contributed by atoms with Gasteiger partial charge in [0.05, 0.1) is 0 Å². The van der Waals surface area contributed by atoms with Crippen molar-refractivity contribution in [3.05, 3.63) is 23.4 Å². The number of allylic oxidation sites excluding steroid dienone is 2. The second-order valence-electron chi connectivity index (χ2n) is 6.02. The second kappa shape index (κ2) is 7.76. The van der Waals surface area contributed by atoms with Crippen LogP contribution in [0.1, 0.15) is 40.0 Å². The lowest BCUT2D eigenvalue weighted by molar-refractivity contribution is 0.182. The molecule has 1 N–H and O–H groups in total. The Morgan fingerprint density at radius 1 is 1.48 bits per heavy atom. The van der Waals surface area contributed by atoms with Gasteiger partial charge in [0.1, 0.15) is 0 Å². The fraction of sp³-hybridized carbons (Fsp3) is 0.706. The molecule has 0 amide bonds. The third-order valence-corrected chi connectivity index (χ3v) is 4.24. The highest BCUT2D eigenvalue weighted by molar-refractivity contribution is 5.88. The van der Waals surface area contributed by atoms with Gasteiger partial charge in [0.15, 0.2) is 0 Å². The van der Waals surface area contributed by atoms with Gasteiger partial charge in [-0.25, -0.2) is 0 Å². The molecule has 21 heavy (non-hydrogen) atoms. The topological polar surface area (TPSA) is 36.9 Å². The van der Waals surface area contributed by atoms with Crippen LogP contribution in [0.3, 0.4) is 0 Å². The molecule has 0 saturated heterocycles. The first-order valence-electron chi connectivity index (χ1n) is 8.07. The second-order valence-corrected chi connectivity index (χ2v) is 6.02. The molecule has 2 rings (SSSR count). The summed E-state index contributed by atoms with van der Waals surface area (Å²) in [4.78, 5) is 0. The van der Waals surface area contributed by atoms with E-state index in [2.05, 4.69) is 43.2 Å². The van der Waals surface area contributed by atoms with Crippen molar-refractivity contribution in [2.24, 2.45) is 11.0 Å². The monoisotopic (exact) mass is 291 g/mol. The number of hydrogen-bond donors (Lipinski definition) is 1. The standard InChI is InChI=1S/C17H29N3O/c1-5-15(12-18-16-7-8-16)11-17-13(2)14(3)19-20(17)9-6-10-21-4/h5,11,13,16,18H,6-10,12H2,1-4H3/b15-5+,17-11+. The molecule has 1 saturated carbocycles. The summed E-state index contributed by atoms with van der Waals surface area (Å²) in [6, 6.07) is 0.746. The molecule has 0 spiro atoms. The Morgan fingerprint density at radius 3 is 2.86 bits per heavy atom. The van der Waals surface area contributed by atoms with Crippen LogP contribution in [0.25, 0.3) is 0 Å². The summed E-state index contributed by atoms with van der Waals surface area (Å²) < 4.78 is 5.15. The number of hydrazone groups is 1. The van der Waals surface area contributed by atoms with Gasteiger partial charge in [0.2, 0.25) is 0 Å². The smallest absolute Gasteiger partial charge is 0.0479 e. The van der Waals surface area contributed by atoms with Crippen molar-refractivity contribution in [3.63, 3.8) is 0 Å². The largest absolute Gasteiger partial charge is 0.385 e. The number of nitrogens with one attached hydrogen (secondary N) is 1. The number of hydrogen-bond acceptors (Lipinski definition) is 4. The molecule has 1 aliphatic carbocycles. The van der Waals surface area contributed by atoms with Crippen LogP contribution in [-0.2, 0) is 4.74 Å². The van der Waals surface area contributed by atoms with Gasteiger partial charge in [-0.1, -0.05) is 13.0 Å². The molecule has 1 unspecified atom stereocenters. The van der Waals surface area contributed by atoms with Gasteiger partial charge in [0, 0.05) is 50.2 Å². The average Bonchev–Trinajstić information content (AvgIpc) is 3.26. The zero-order chi connectivity index (χ0) is 15.2. The van der Waals surface area contributed by atoms with Crippen LogP contribution in [0.5, 0.6) is 0 Å². The molecule has 1 fully saturated rings. The first kappa shape index (κ1) is 16.2. The molecule has 4 nitrogen and oxygen atoms in total. The Balaban J connectivity index is 1.99. The molecule has 1 atom stereocenters. The van der Waals surface area contributed by atoms with Crippen molar-refractivity contribution >= 4 is 5.71 Å².